The minimum absolute atomic E-state index is 0.00242. The summed E-state index contributed by atoms with van der Waals surface area (Å²) in [7, 11) is 1.76. The van der Waals surface area contributed by atoms with Gasteiger partial charge in [-0.15, -0.1) is 0 Å². The first-order valence-electron chi connectivity index (χ1n) is 8.67. The number of methoxy groups -OCH3 is 1. The number of hydrogen-bond donors (Lipinski definition) is 1. The SMILES string of the molecule is COC1CCN(c2ccc(NC(=O)Cc3cccc(Br)c3F)cc2)CC1. The molecule has 138 valence electrons. The fraction of sp³-hybridized carbons (Fsp3) is 0.350. The molecule has 1 saturated heterocycles. The lowest BCUT2D eigenvalue weighted by molar-refractivity contribution is -0.115. The Morgan fingerprint density at radius 3 is 2.58 bits per heavy atom. The van der Waals surface area contributed by atoms with E-state index in [2.05, 4.69) is 26.1 Å². The standard InChI is InChI=1S/C20H22BrFN2O2/c1-26-17-9-11-24(12-10-17)16-7-5-15(6-8-16)23-19(25)13-14-3-2-4-18(21)20(14)22/h2-8,17H,9-13H2,1H3,(H,23,25). The topological polar surface area (TPSA) is 41.6 Å². The van der Waals surface area contributed by atoms with Crippen LogP contribution in [-0.4, -0.2) is 32.2 Å². The van der Waals surface area contributed by atoms with Crippen LogP contribution in [0.3, 0.4) is 0 Å². The van der Waals surface area contributed by atoms with Crippen molar-refractivity contribution in [3.8, 4) is 0 Å². The van der Waals surface area contributed by atoms with E-state index < -0.39 is 5.82 Å². The molecule has 3 rings (SSSR count). The predicted molar refractivity (Wildman–Crippen MR) is 105 cm³/mol. The van der Waals surface area contributed by atoms with Gasteiger partial charge in [0, 0.05) is 31.6 Å². The van der Waals surface area contributed by atoms with Gasteiger partial charge >= 0.3 is 0 Å². The number of benzene rings is 2. The van der Waals surface area contributed by atoms with E-state index in [1.807, 2.05) is 24.3 Å². The molecule has 26 heavy (non-hydrogen) atoms. The number of halogens is 2. The van der Waals surface area contributed by atoms with Crippen LogP contribution in [0.2, 0.25) is 0 Å². The quantitative estimate of drug-likeness (QED) is 0.779. The van der Waals surface area contributed by atoms with Crippen molar-refractivity contribution in [2.45, 2.75) is 25.4 Å². The maximum atomic E-state index is 14.0. The second-order valence-corrected chi connectivity index (χ2v) is 7.26. The number of ether oxygens (including phenoxy) is 1. The Morgan fingerprint density at radius 1 is 1.23 bits per heavy atom. The smallest absolute Gasteiger partial charge is 0.228 e. The molecule has 0 spiro atoms. The van der Waals surface area contributed by atoms with Crippen molar-refractivity contribution in [1.29, 1.82) is 0 Å². The first-order chi connectivity index (χ1) is 12.6. The van der Waals surface area contributed by atoms with Gasteiger partial charge < -0.3 is 15.0 Å². The van der Waals surface area contributed by atoms with Crippen LogP contribution in [0.5, 0.6) is 0 Å². The minimum Gasteiger partial charge on any atom is -0.381 e. The number of amides is 1. The number of anilines is 2. The van der Waals surface area contributed by atoms with E-state index >= 15 is 0 Å². The lowest BCUT2D eigenvalue weighted by Gasteiger charge is -2.33. The molecule has 0 aliphatic carbocycles. The van der Waals surface area contributed by atoms with Crippen molar-refractivity contribution in [2.75, 3.05) is 30.4 Å². The van der Waals surface area contributed by atoms with Crippen molar-refractivity contribution in [3.05, 3.63) is 58.3 Å². The largest absolute Gasteiger partial charge is 0.381 e. The summed E-state index contributed by atoms with van der Waals surface area (Å²) < 4.78 is 19.7. The fourth-order valence-electron chi connectivity index (χ4n) is 3.17. The Morgan fingerprint density at radius 2 is 1.92 bits per heavy atom. The zero-order valence-electron chi connectivity index (χ0n) is 14.7. The Labute approximate surface area is 161 Å². The van der Waals surface area contributed by atoms with Gasteiger partial charge in [-0.05, 0) is 64.7 Å². The molecule has 4 nitrogen and oxygen atoms in total. The summed E-state index contributed by atoms with van der Waals surface area (Å²) in [6, 6.07) is 12.7. The van der Waals surface area contributed by atoms with Crippen LogP contribution >= 0.6 is 15.9 Å². The third-order valence-corrected chi connectivity index (χ3v) is 5.29. The number of piperidine rings is 1. The Kier molecular flexibility index (Phi) is 6.27. The predicted octanol–water partition coefficient (Wildman–Crippen LogP) is 4.38. The van der Waals surface area contributed by atoms with E-state index in [1.54, 1.807) is 25.3 Å². The van der Waals surface area contributed by atoms with E-state index in [0.717, 1.165) is 31.6 Å². The van der Waals surface area contributed by atoms with Crippen molar-refractivity contribution in [2.24, 2.45) is 0 Å². The van der Waals surface area contributed by atoms with Crippen LogP contribution in [-0.2, 0) is 16.0 Å². The molecule has 0 unspecified atom stereocenters. The molecule has 0 aromatic heterocycles. The molecule has 2 aromatic carbocycles. The number of hydrogen-bond acceptors (Lipinski definition) is 3. The summed E-state index contributed by atoms with van der Waals surface area (Å²) in [5, 5.41) is 2.82. The molecule has 0 saturated carbocycles. The fourth-order valence-corrected chi connectivity index (χ4v) is 3.58. The van der Waals surface area contributed by atoms with Gasteiger partial charge in [-0.25, -0.2) is 4.39 Å². The molecule has 1 fully saturated rings. The zero-order valence-corrected chi connectivity index (χ0v) is 16.3. The molecule has 0 bridgehead atoms. The number of carbonyl (C=O) groups is 1. The van der Waals surface area contributed by atoms with E-state index in [0.29, 0.717) is 21.8 Å². The van der Waals surface area contributed by atoms with Gasteiger partial charge in [-0.1, -0.05) is 12.1 Å². The van der Waals surface area contributed by atoms with Gasteiger partial charge in [0.25, 0.3) is 0 Å². The van der Waals surface area contributed by atoms with Gasteiger partial charge in [-0.3, -0.25) is 4.79 Å². The van der Waals surface area contributed by atoms with Crippen molar-refractivity contribution < 1.29 is 13.9 Å². The summed E-state index contributed by atoms with van der Waals surface area (Å²) in [6.07, 6.45) is 2.39. The van der Waals surface area contributed by atoms with Crippen molar-refractivity contribution >= 4 is 33.2 Å². The van der Waals surface area contributed by atoms with E-state index in [4.69, 9.17) is 4.74 Å². The maximum absolute atomic E-state index is 14.0. The second kappa shape index (κ2) is 8.64. The lowest BCUT2D eigenvalue weighted by atomic mass is 10.1. The molecule has 1 amide bonds. The lowest BCUT2D eigenvalue weighted by Crippen LogP contribution is -2.36. The van der Waals surface area contributed by atoms with E-state index in [9.17, 15) is 9.18 Å². The third-order valence-electron chi connectivity index (χ3n) is 4.67. The molecule has 2 aromatic rings. The summed E-state index contributed by atoms with van der Waals surface area (Å²) in [4.78, 5) is 14.5. The number of rotatable bonds is 5. The molecule has 1 N–H and O–H groups in total. The number of nitrogens with zero attached hydrogens (tertiary/aromatic N) is 1. The number of carbonyl (C=O) groups excluding carboxylic acids is 1. The molecular formula is C20H22BrFN2O2. The average Bonchev–Trinajstić information content (AvgIpc) is 2.66. The molecule has 1 heterocycles. The van der Waals surface area contributed by atoms with Gasteiger partial charge in [0.1, 0.15) is 5.82 Å². The Hall–Kier alpha value is -1.92. The van der Waals surface area contributed by atoms with Crippen molar-refractivity contribution in [1.82, 2.24) is 0 Å². The molecule has 1 aliphatic rings. The first-order valence-corrected chi connectivity index (χ1v) is 9.46. The summed E-state index contributed by atoms with van der Waals surface area (Å²) >= 11 is 3.14. The molecular weight excluding hydrogens is 399 g/mol. The monoisotopic (exact) mass is 420 g/mol. The third kappa shape index (κ3) is 4.62. The van der Waals surface area contributed by atoms with Crippen LogP contribution < -0.4 is 10.2 Å². The van der Waals surface area contributed by atoms with Crippen LogP contribution in [0.25, 0.3) is 0 Å². The Balaban J connectivity index is 1.57. The normalized spacial score (nSPS) is 15.1. The highest BCUT2D eigenvalue weighted by molar-refractivity contribution is 9.10. The summed E-state index contributed by atoms with van der Waals surface area (Å²) in [5.74, 6) is -0.631. The van der Waals surface area contributed by atoms with E-state index in [1.165, 1.54) is 0 Å². The highest BCUT2D eigenvalue weighted by Gasteiger charge is 2.19. The second-order valence-electron chi connectivity index (χ2n) is 6.41. The first kappa shape index (κ1) is 18.9. The maximum Gasteiger partial charge on any atom is 0.228 e. The van der Waals surface area contributed by atoms with Crippen LogP contribution in [0.4, 0.5) is 15.8 Å². The van der Waals surface area contributed by atoms with Gasteiger partial charge in [0.2, 0.25) is 5.91 Å². The van der Waals surface area contributed by atoms with Crippen molar-refractivity contribution in [3.63, 3.8) is 0 Å². The van der Waals surface area contributed by atoms with E-state index in [-0.39, 0.29) is 12.3 Å². The number of nitrogens with one attached hydrogen (secondary N) is 1. The van der Waals surface area contributed by atoms with Crippen LogP contribution in [0.15, 0.2) is 46.9 Å². The minimum atomic E-state index is -0.391. The van der Waals surface area contributed by atoms with Crippen LogP contribution in [0, 0.1) is 5.82 Å². The van der Waals surface area contributed by atoms with Gasteiger partial charge in [0.15, 0.2) is 0 Å². The molecule has 6 heteroatoms. The molecule has 1 aliphatic heterocycles. The summed E-state index contributed by atoms with van der Waals surface area (Å²) in [6.45, 7) is 1.93. The average molecular weight is 421 g/mol. The summed E-state index contributed by atoms with van der Waals surface area (Å²) in [5.41, 5.74) is 2.21. The molecule has 0 radical (unpaired) electrons. The zero-order chi connectivity index (χ0) is 18.5. The highest BCUT2D eigenvalue weighted by atomic mass is 79.9. The van der Waals surface area contributed by atoms with Gasteiger partial charge in [0.05, 0.1) is 17.0 Å². The van der Waals surface area contributed by atoms with Gasteiger partial charge in [-0.2, -0.15) is 0 Å². The Bertz CT molecular complexity index is 759. The highest BCUT2D eigenvalue weighted by Crippen LogP contribution is 2.23. The molecule has 0 atom stereocenters. The van der Waals surface area contributed by atoms with Crippen LogP contribution in [0.1, 0.15) is 18.4 Å².